The minimum Gasteiger partial charge on any atom is -0.388 e. The Morgan fingerprint density at radius 3 is 2.42 bits per heavy atom. The lowest BCUT2D eigenvalue weighted by molar-refractivity contribution is 0.0908. The summed E-state index contributed by atoms with van der Waals surface area (Å²) in [7, 11) is -3.42. The van der Waals surface area contributed by atoms with Gasteiger partial charge in [0, 0.05) is 12.3 Å². The molecule has 1 unspecified atom stereocenters. The fraction of sp³-hybridized carbons (Fsp3) is 0.538. The SMILES string of the molecule is CSCC(C)(O)CNS(=O)(=O)Cc1ccc(C)cc1. The zero-order valence-electron chi connectivity index (χ0n) is 11.5. The molecule has 0 aliphatic heterocycles. The number of thioether (sulfide) groups is 1. The van der Waals surface area contributed by atoms with E-state index in [4.69, 9.17) is 0 Å². The molecule has 4 nitrogen and oxygen atoms in total. The molecule has 0 aromatic heterocycles. The molecule has 1 aromatic rings. The zero-order valence-corrected chi connectivity index (χ0v) is 13.1. The number of aryl methyl sites for hydroxylation is 1. The molecule has 0 saturated carbocycles. The first-order valence-electron chi connectivity index (χ1n) is 5.98. The molecule has 6 heteroatoms. The molecule has 2 N–H and O–H groups in total. The summed E-state index contributed by atoms with van der Waals surface area (Å²) >= 11 is 1.48. The zero-order chi connectivity index (χ0) is 14.5. The van der Waals surface area contributed by atoms with Gasteiger partial charge in [0.2, 0.25) is 10.0 Å². The number of benzene rings is 1. The van der Waals surface area contributed by atoms with E-state index < -0.39 is 15.6 Å². The molecular weight excluding hydrogens is 282 g/mol. The van der Waals surface area contributed by atoms with Crippen molar-refractivity contribution >= 4 is 21.8 Å². The maximum Gasteiger partial charge on any atom is 0.215 e. The van der Waals surface area contributed by atoms with Gasteiger partial charge in [-0.1, -0.05) is 29.8 Å². The van der Waals surface area contributed by atoms with E-state index in [-0.39, 0.29) is 12.3 Å². The topological polar surface area (TPSA) is 66.4 Å². The molecule has 0 aliphatic carbocycles. The highest BCUT2D eigenvalue weighted by Crippen LogP contribution is 2.11. The number of nitrogens with one attached hydrogen (secondary N) is 1. The molecule has 19 heavy (non-hydrogen) atoms. The Kier molecular flexibility index (Phi) is 5.85. The first-order chi connectivity index (χ1) is 8.74. The predicted octanol–water partition coefficient (Wildman–Crippen LogP) is 1.53. The normalized spacial score (nSPS) is 15.2. The first kappa shape index (κ1) is 16.5. The molecule has 0 aliphatic rings. The summed E-state index contributed by atoms with van der Waals surface area (Å²) in [6, 6.07) is 7.37. The van der Waals surface area contributed by atoms with Crippen LogP contribution in [0.3, 0.4) is 0 Å². The van der Waals surface area contributed by atoms with Gasteiger partial charge >= 0.3 is 0 Å². The van der Waals surface area contributed by atoms with Crippen molar-refractivity contribution in [3.05, 3.63) is 35.4 Å². The number of hydrogen-bond acceptors (Lipinski definition) is 4. The van der Waals surface area contributed by atoms with Crippen LogP contribution >= 0.6 is 11.8 Å². The largest absolute Gasteiger partial charge is 0.388 e. The average molecular weight is 303 g/mol. The maximum atomic E-state index is 11.9. The molecule has 0 fully saturated rings. The number of hydrogen-bond donors (Lipinski definition) is 2. The lowest BCUT2D eigenvalue weighted by Gasteiger charge is -2.22. The van der Waals surface area contributed by atoms with Crippen molar-refractivity contribution < 1.29 is 13.5 Å². The van der Waals surface area contributed by atoms with Gasteiger partial charge < -0.3 is 5.11 Å². The second-order valence-electron chi connectivity index (χ2n) is 5.00. The van der Waals surface area contributed by atoms with Crippen LogP contribution in [0.25, 0.3) is 0 Å². The van der Waals surface area contributed by atoms with E-state index in [2.05, 4.69) is 4.72 Å². The summed E-state index contributed by atoms with van der Waals surface area (Å²) in [5.41, 5.74) is 0.805. The van der Waals surface area contributed by atoms with Crippen LogP contribution in [0, 0.1) is 6.92 Å². The number of sulfonamides is 1. The number of rotatable bonds is 7. The summed E-state index contributed by atoms with van der Waals surface area (Å²) in [5.74, 6) is 0.419. The van der Waals surface area contributed by atoms with E-state index in [1.54, 1.807) is 19.1 Å². The smallest absolute Gasteiger partial charge is 0.215 e. The molecule has 1 rings (SSSR count). The average Bonchev–Trinajstić information content (AvgIpc) is 2.30. The van der Waals surface area contributed by atoms with E-state index in [0.29, 0.717) is 5.75 Å². The Morgan fingerprint density at radius 2 is 1.89 bits per heavy atom. The lowest BCUT2D eigenvalue weighted by Crippen LogP contribution is -2.42. The summed E-state index contributed by atoms with van der Waals surface area (Å²) in [6.07, 6.45) is 1.87. The summed E-state index contributed by atoms with van der Waals surface area (Å²) < 4.78 is 26.3. The Balaban J connectivity index is 2.59. The molecule has 0 spiro atoms. The van der Waals surface area contributed by atoms with Crippen LogP contribution in [0.5, 0.6) is 0 Å². The fourth-order valence-electron chi connectivity index (χ4n) is 1.58. The monoisotopic (exact) mass is 303 g/mol. The van der Waals surface area contributed by atoms with E-state index in [9.17, 15) is 13.5 Å². The molecule has 0 saturated heterocycles. The van der Waals surface area contributed by atoms with E-state index in [0.717, 1.165) is 11.1 Å². The predicted molar refractivity (Wildman–Crippen MR) is 80.8 cm³/mol. The van der Waals surface area contributed by atoms with Crippen molar-refractivity contribution in [2.45, 2.75) is 25.2 Å². The van der Waals surface area contributed by atoms with Crippen molar-refractivity contribution in [3.63, 3.8) is 0 Å². The number of aliphatic hydroxyl groups is 1. The van der Waals surface area contributed by atoms with Gasteiger partial charge in [-0.3, -0.25) is 0 Å². The third kappa shape index (κ3) is 6.42. The summed E-state index contributed by atoms with van der Waals surface area (Å²) in [5, 5.41) is 9.93. The van der Waals surface area contributed by atoms with Crippen molar-refractivity contribution in [1.82, 2.24) is 4.72 Å². The van der Waals surface area contributed by atoms with Gasteiger partial charge in [-0.05, 0) is 25.7 Å². The van der Waals surface area contributed by atoms with Crippen LogP contribution in [-0.4, -0.2) is 37.7 Å². The van der Waals surface area contributed by atoms with Gasteiger partial charge in [0.1, 0.15) is 0 Å². The first-order valence-corrected chi connectivity index (χ1v) is 9.03. The highest BCUT2D eigenvalue weighted by Gasteiger charge is 2.22. The third-order valence-electron chi connectivity index (χ3n) is 2.61. The van der Waals surface area contributed by atoms with Crippen LogP contribution in [0.1, 0.15) is 18.1 Å². The molecule has 0 heterocycles. The molecule has 108 valence electrons. The molecule has 1 aromatic carbocycles. The van der Waals surface area contributed by atoms with Crippen molar-refractivity contribution in [2.24, 2.45) is 0 Å². The fourth-order valence-corrected chi connectivity index (χ4v) is 3.57. The molecule has 0 radical (unpaired) electrons. The van der Waals surface area contributed by atoms with Crippen LogP contribution in [0.2, 0.25) is 0 Å². The van der Waals surface area contributed by atoms with Gasteiger partial charge in [0.25, 0.3) is 0 Å². The van der Waals surface area contributed by atoms with E-state index in [1.165, 1.54) is 11.8 Å². The second kappa shape index (κ2) is 6.74. The molecule has 0 bridgehead atoms. The standard InChI is InChI=1S/C13H21NO3S2/c1-11-4-6-12(7-5-11)8-19(16,17)14-9-13(2,15)10-18-3/h4-7,14-15H,8-10H2,1-3H3. The van der Waals surface area contributed by atoms with Gasteiger partial charge in [-0.25, -0.2) is 13.1 Å². The van der Waals surface area contributed by atoms with Crippen LogP contribution in [0.15, 0.2) is 24.3 Å². The van der Waals surface area contributed by atoms with E-state index >= 15 is 0 Å². The molecule has 1 atom stereocenters. The van der Waals surface area contributed by atoms with Gasteiger partial charge in [0.05, 0.1) is 11.4 Å². The second-order valence-corrected chi connectivity index (χ2v) is 7.67. The van der Waals surface area contributed by atoms with Gasteiger partial charge in [-0.2, -0.15) is 11.8 Å². The molecule has 0 amide bonds. The highest BCUT2D eigenvalue weighted by molar-refractivity contribution is 7.98. The lowest BCUT2D eigenvalue weighted by atomic mass is 10.1. The maximum absolute atomic E-state index is 11.9. The van der Waals surface area contributed by atoms with Crippen molar-refractivity contribution in [2.75, 3.05) is 18.6 Å². The Labute approximate surface area is 119 Å². The summed E-state index contributed by atoms with van der Waals surface area (Å²) in [6.45, 7) is 3.61. The summed E-state index contributed by atoms with van der Waals surface area (Å²) in [4.78, 5) is 0. The van der Waals surface area contributed by atoms with Gasteiger partial charge in [-0.15, -0.1) is 0 Å². The highest BCUT2D eigenvalue weighted by atomic mass is 32.2. The molecular formula is C13H21NO3S2. The van der Waals surface area contributed by atoms with E-state index in [1.807, 2.05) is 25.3 Å². The minimum atomic E-state index is -3.42. The van der Waals surface area contributed by atoms with Crippen LogP contribution in [-0.2, 0) is 15.8 Å². The van der Waals surface area contributed by atoms with Gasteiger partial charge in [0.15, 0.2) is 0 Å². The Bertz CT molecular complexity index is 495. The van der Waals surface area contributed by atoms with Crippen molar-refractivity contribution in [3.8, 4) is 0 Å². The van der Waals surface area contributed by atoms with Crippen LogP contribution in [0.4, 0.5) is 0 Å². The minimum absolute atomic E-state index is 0.0298. The Morgan fingerprint density at radius 1 is 1.32 bits per heavy atom. The van der Waals surface area contributed by atoms with Crippen LogP contribution < -0.4 is 4.72 Å². The van der Waals surface area contributed by atoms with Crippen molar-refractivity contribution in [1.29, 1.82) is 0 Å². The quantitative estimate of drug-likeness (QED) is 0.801. The third-order valence-corrected chi connectivity index (χ3v) is 4.81. The Hall–Kier alpha value is -0.560.